The van der Waals surface area contributed by atoms with E-state index in [1.165, 1.54) is 12.1 Å². The van der Waals surface area contributed by atoms with E-state index in [1.807, 2.05) is 36.4 Å². The van der Waals surface area contributed by atoms with Crippen molar-refractivity contribution < 1.29 is 24.2 Å². The number of carbonyl (C=O) groups excluding carboxylic acids is 2. The Morgan fingerprint density at radius 3 is 2.20 bits per heavy atom. The van der Waals surface area contributed by atoms with Gasteiger partial charge in [-0.3, -0.25) is 4.79 Å². The molecule has 1 aliphatic carbocycles. The van der Waals surface area contributed by atoms with Gasteiger partial charge in [0, 0.05) is 23.9 Å². The fourth-order valence-electron chi connectivity index (χ4n) is 4.16. The Morgan fingerprint density at radius 2 is 1.57 bits per heavy atom. The monoisotopic (exact) mass is 512 g/mol. The number of benzene rings is 3. The summed E-state index contributed by atoms with van der Waals surface area (Å²) in [6.45, 7) is 0.414. The van der Waals surface area contributed by atoms with Crippen LogP contribution in [0.2, 0.25) is 10.0 Å². The second-order valence-corrected chi connectivity index (χ2v) is 8.86. The van der Waals surface area contributed by atoms with Crippen LogP contribution in [0.1, 0.15) is 40.2 Å². The van der Waals surface area contributed by atoms with Gasteiger partial charge in [-0.1, -0.05) is 71.7 Å². The van der Waals surface area contributed by atoms with E-state index in [1.54, 1.807) is 0 Å². The summed E-state index contributed by atoms with van der Waals surface area (Å²) in [5, 5.41) is 14.6. The van der Waals surface area contributed by atoms with Gasteiger partial charge in [0.05, 0.1) is 16.3 Å². The summed E-state index contributed by atoms with van der Waals surface area (Å²) >= 11 is 11.9. The van der Waals surface area contributed by atoms with Gasteiger partial charge in [-0.2, -0.15) is 0 Å². The van der Waals surface area contributed by atoms with Crippen molar-refractivity contribution in [1.82, 2.24) is 5.32 Å². The highest BCUT2D eigenvalue weighted by atomic mass is 35.5. The van der Waals surface area contributed by atoms with Crippen LogP contribution < -0.4 is 10.6 Å². The minimum Gasteiger partial charge on any atom is -0.478 e. The highest BCUT2D eigenvalue weighted by Gasteiger charge is 2.29. The van der Waals surface area contributed by atoms with Crippen molar-refractivity contribution in [3.8, 4) is 11.1 Å². The Morgan fingerprint density at radius 1 is 0.943 bits per heavy atom. The Balaban J connectivity index is 1.25. The molecule has 0 atom stereocenters. The van der Waals surface area contributed by atoms with Crippen LogP contribution in [0.4, 0.5) is 10.5 Å². The molecule has 7 nitrogen and oxygen atoms in total. The second-order valence-electron chi connectivity index (χ2n) is 8.02. The standard InChI is InChI=1S/C26H22Cl2N2O5/c27-15-12-20(25(32)33)24(22(28)13-15)30-23(31)10-5-11-29-26(34)35-14-21-18-8-3-1-6-16(18)17-7-2-4-9-19(17)21/h1-4,6-9,12-13,21H,5,10-11,14H2,(H,29,34)(H,30,31)(H,32,33). The van der Waals surface area contributed by atoms with E-state index < -0.39 is 18.0 Å². The average Bonchev–Trinajstić information content (AvgIpc) is 3.15. The summed E-state index contributed by atoms with van der Waals surface area (Å²) in [6, 6.07) is 18.7. The maximum absolute atomic E-state index is 12.3. The van der Waals surface area contributed by atoms with Gasteiger partial charge in [0.2, 0.25) is 5.91 Å². The topological polar surface area (TPSA) is 105 Å². The number of fused-ring (bicyclic) bond motifs is 3. The van der Waals surface area contributed by atoms with Gasteiger partial charge in [0.15, 0.2) is 0 Å². The SMILES string of the molecule is O=C(CCCNC(=O)OCC1c2ccccc2-c2ccccc21)Nc1c(Cl)cc(Cl)cc1C(=O)O. The third-order valence-electron chi connectivity index (χ3n) is 5.74. The molecule has 9 heteroatoms. The molecule has 0 spiro atoms. The summed E-state index contributed by atoms with van der Waals surface area (Å²) in [4.78, 5) is 35.9. The molecule has 3 aromatic rings. The highest BCUT2D eigenvalue weighted by molar-refractivity contribution is 6.37. The zero-order valence-corrected chi connectivity index (χ0v) is 20.0. The molecule has 1 aliphatic rings. The molecule has 0 heterocycles. The van der Waals surface area contributed by atoms with Gasteiger partial charge in [-0.15, -0.1) is 0 Å². The predicted octanol–water partition coefficient (Wildman–Crippen LogP) is 5.95. The Kier molecular flexibility index (Phi) is 7.58. The van der Waals surface area contributed by atoms with E-state index in [0.29, 0.717) is 6.42 Å². The smallest absolute Gasteiger partial charge is 0.407 e. The number of hydrogen-bond acceptors (Lipinski definition) is 4. The Labute approximate surface area is 212 Å². The van der Waals surface area contributed by atoms with Gasteiger partial charge < -0.3 is 20.5 Å². The molecule has 2 amide bonds. The van der Waals surface area contributed by atoms with Gasteiger partial charge in [-0.25, -0.2) is 9.59 Å². The molecule has 0 unspecified atom stereocenters. The lowest BCUT2D eigenvalue weighted by molar-refractivity contribution is -0.116. The van der Waals surface area contributed by atoms with Crippen LogP contribution in [0.15, 0.2) is 60.7 Å². The number of halogens is 2. The maximum Gasteiger partial charge on any atom is 0.407 e. The summed E-state index contributed by atoms with van der Waals surface area (Å²) in [5.41, 5.74) is 4.33. The average molecular weight is 513 g/mol. The van der Waals surface area contributed by atoms with Crippen molar-refractivity contribution in [3.05, 3.63) is 87.4 Å². The number of ether oxygens (including phenoxy) is 1. The van der Waals surface area contributed by atoms with Gasteiger partial charge in [0.25, 0.3) is 0 Å². The number of rotatable bonds is 8. The number of carboxylic acids is 1. The quantitative estimate of drug-likeness (QED) is 0.323. The number of hydrogen-bond donors (Lipinski definition) is 3. The molecule has 0 saturated carbocycles. The zero-order chi connectivity index (χ0) is 24.9. The van der Waals surface area contributed by atoms with Crippen LogP contribution in [-0.2, 0) is 9.53 Å². The van der Waals surface area contributed by atoms with Crippen molar-refractivity contribution in [3.63, 3.8) is 0 Å². The predicted molar refractivity (Wildman–Crippen MR) is 134 cm³/mol. The summed E-state index contributed by atoms with van der Waals surface area (Å²) in [5.74, 6) is -1.74. The zero-order valence-electron chi connectivity index (χ0n) is 18.5. The van der Waals surface area contributed by atoms with Gasteiger partial charge in [-0.05, 0) is 40.8 Å². The number of amides is 2. The van der Waals surface area contributed by atoms with Crippen LogP contribution in [0.5, 0.6) is 0 Å². The molecular weight excluding hydrogens is 491 g/mol. The van der Waals surface area contributed by atoms with Gasteiger partial charge in [0.1, 0.15) is 6.61 Å². The Bertz CT molecular complexity index is 1250. The van der Waals surface area contributed by atoms with Crippen LogP contribution in [0.3, 0.4) is 0 Å². The lowest BCUT2D eigenvalue weighted by atomic mass is 9.98. The number of carboxylic acid groups (broad SMARTS) is 1. The van der Waals surface area contributed by atoms with E-state index in [4.69, 9.17) is 27.9 Å². The van der Waals surface area contributed by atoms with Crippen molar-refractivity contribution in [1.29, 1.82) is 0 Å². The molecule has 3 N–H and O–H groups in total. The normalized spacial score (nSPS) is 11.9. The number of anilines is 1. The number of nitrogens with one attached hydrogen (secondary N) is 2. The third-order valence-corrected chi connectivity index (χ3v) is 6.26. The molecule has 0 aliphatic heterocycles. The molecule has 0 saturated heterocycles. The van der Waals surface area contributed by atoms with Crippen molar-refractivity contribution in [2.24, 2.45) is 0 Å². The van der Waals surface area contributed by atoms with E-state index in [0.717, 1.165) is 22.3 Å². The minimum atomic E-state index is -1.26. The summed E-state index contributed by atoms with van der Waals surface area (Å²) < 4.78 is 5.47. The fourth-order valence-corrected chi connectivity index (χ4v) is 4.70. The lowest BCUT2D eigenvalue weighted by Crippen LogP contribution is -2.27. The molecule has 180 valence electrons. The summed E-state index contributed by atoms with van der Waals surface area (Å²) in [6.07, 6.45) is -0.202. The highest BCUT2D eigenvalue weighted by Crippen LogP contribution is 2.44. The van der Waals surface area contributed by atoms with Crippen molar-refractivity contribution >= 4 is 46.9 Å². The largest absolute Gasteiger partial charge is 0.478 e. The van der Waals surface area contributed by atoms with Crippen LogP contribution in [0, 0.1) is 0 Å². The maximum atomic E-state index is 12.3. The Hall–Kier alpha value is -3.55. The molecule has 0 aromatic heterocycles. The van der Waals surface area contributed by atoms with E-state index in [9.17, 15) is 19.5 Å². The van der Waals surface area contributed by atoms with Gasteiger partial charge >= 0.3 is 12.1 Å². The molecule has 0 bridgehead atoms. The first kappa shape index (κ1) is 24.6. The van der Waals surface area contributed by atoms with Crippen molar-refractivity contribution in [2.45, 2.75) is 18.8 Å². The second kappa shape index (κ2) is 10.8. The molecular formula is C26H22Cl2N2O5. The van der Waals surface area contributed by atoms with E-state index in [2.05, 4.69) is 22.8 Å². The summed E-state index contributed by atoms with van der Waals surface area (Å²) in [7, 11) is 0. The first-order chi connectivity index (χ1) is 16.8. The van der Waals surface area contributed by atoms with E-state index in [-0.39, 0.29) is 46.8 Å². The van der Waals surface area contributed by atoms with Crippen LogP contribution in [0.25, 0.3) is 11.1 Å². The minimum absolute atomic E-state index is 0.0157. The molecule has 3 aromatic carbocycles. The third kappa shape index (κ3) is 5.58. The van der Waals surface area contributed by atoms with Crippen LogP contribution >= 0.6 is 23.2 Å². The molecule has 4 rings (SSSR count). The van der Waals surface area contributed by atoms with Crippen molar-refractivity contribution in [2.75, 3.05) is 18.5 Å². The fraction of sp³-hybridized carbons (Fsp3) is 0.192. The number of carbonyl (C=O) groups is 3. The molecule has 0 radical (unpaired) electrons. The molecule has 0 fully saturated rings. The lowest BCUT2D eigenvalue weighted by Gasteiger charge is -2.14. The number of aromatic carboxylic acids is 1. The van der Waals surface area contributed by atoms with Crippen LogP contribution in [-0.4, -0.2) is 36.2 Å². The van der Waals surface area contributed by atoms with E-state index >= 15 is 0 Å². The first-order valence-corrected chi connectivity index (χ1v) is 11.7. The number of alkyl carbamates (subject to hydrolysis) is 1. The molecule has 35 heavy (non-hydrogen) atoms. The first-order valence-electron chi connectivity index (χ1n) is 11.0.